The van der Waals surface area contributed by atoms with Gasteiger partial charge in [-0.3, -0.25) is 4.79 Å². The van der Waals surface area contributed by atoms with Gasteiger partial charge in [-0.1, -0.05) is 12.1 Å². The van der Waals surface area contributed by atoms with Gasteiger partial charge in [-0.15, -0.1) is 6.58 Å². The topological polar surface area (TPSA) is 69.6 Å². The van der Waals surface area contributed by atoms with E-state index in [0.29, 0.717) is 5.56 Å². The molecular weight excluding hydrogens is 270 g/mol. The number of carbonyl (C=O) groups excluding carboxylic acids is 1. The predicted molar refractivity (Wildman–Crippen MR) is 68.0 cm³/mol. The maximum Gasteiger partial charge on any atom is 0.323 e. The average molecular weight is 284 g/mol. The van der Waals surface area contributed by atoms with Crippen molar-refractivity contribution in [3.63, 3.8) is 0 Å². The van der Waals surface area contributed by atoms with Crippen molar-refractivity contribution in [2.45, 2.75) is 6.54 Å². The zero-order chi connectivity index (χ0) is 15.1. The first-order valence-electron chi connectivity index (χ1n) is 5.73. The second-order valence-corrected chi connectivity index (χ2v) is 3.97. The van der Waals surface area contributed by atoms with Crippen molar-refractivity contribution in [3.05, 3.63) is 48.1 Å². The van der Waals surface area contributed by atoms with E-state index in [-0.39, 0.29) is 13.1 Å². The molecule has 108 valence electrons. The molecule has 0 spiro atoms. The minimum absolute atomic E-state index is 0.0384. The first-order chi connectivity index (χ1) is 9.43. The summed E-state index contributed by atoms with van der Waals surface area (Å²) >= 11 is 0. The first-order valence-corrected chi connectivity index (χ1v) is 5.73. The molecule has 0 aliphatic heterocycles. The Hall–Kier alpha value is -2.44. The van der Waals surface area contributed by atoms with Crippen molar-refractivity contribution in [3.8, 4) is 0 Å². The predicted octanol–water partition coefficient (Wildman–Crippen LogP) is 1.75. The molecule has 0 aromatic heterocycles. The van der Waals surface area contributed by atoms with Crippen LogP contribution in [0.15, 0.2) is 30.9 Å². The van der Waals surface area contributed by atoms with E-state index in [1.165, 1.54) is 12.1 Å². The fourth-order valence-electron chi connectivity index (χ4n) is 1.48. The Labute approximate surface area is 114 Å². The van der Waals surface area contributed by atoms with Crippen LogP contribution in [-0.2, 0) is 11.3 Å². The number of nitrogens with one attached hydrogen (secondary N) is 1. The summed E-state index contributed by atoms with van der Waals surface area (Å²) in [5.41, 5.74) is 0.367. The van der Waals surface area contributed by atoms with Gasteiger partial charge >= 0.3 is 12.0 Å². The molecule has 0 fully saturated rings. The Morgan fingerprint density at radius 3 is 2.60 bits per heavy atom. The maximum atomic E-state index is 13.0. The Morgan fingerprint density at radius 1 is 1.35 bits per heavy atom. The second kappa shape index (κ2) is 7.22. The molecule has 0 bridgehead atoms. The van der Waals surface area contributed by atoms with E-state index in [0.717, 1.165) is 17.0 Å². The quantitative estimate of drug-likeness (QED) is 0.782. The molecule has 20 heavy (non-hydrogen) atoms. The summed E-state index contributed by atoms with van der Waals surface area (Å²) in [5.74, 6) is -3.14. The lowest BCUT2D eigenvalue weighted by molar-refractivity contribution is -0.137. The van der Waals surface area contributed by atoms with E-state index in [9.17, 15) is 18.4 Å². The molecule has 0 saturated carbocycles. The summed E-state index contributed by atoms with van der Waals surface area (Å²) in [6.07, 6.45) is 1.39. The number of carboxylic acid groups (broad SMARTS) is 1. The molecule has 0 saturated heterocycles. The van der Waals surface area contributed by atoms with Crippen LogP contribution in [0.2, 0.25) is 0 Å². The number of amides is 2. The van der Waals surface area contributed by atoms with Crippen LogP contribution < -0.4 is 5.32 Å². The number of rotatable bonds is 6. The SMILES string of the molecule is C=CCN(CC(=O)O)C(=O)NCc1ccc(F)c(F)c1. The summed E-state index contributed by atoms with van der Waals surface area (Å²) in [7, 11) is 0. The zero-order valence-corrected chi connectivity index (χ0v) is 10.6. The van der Waals surface area contributed by atoms with E-state index in [4.69, 9.17) is 5.11 Å². The highest BCUT2D eigenvalue weighted by Gasteiger charge is 2.15. The molecule has 2 N–H and O–H groups in total. The van der Waals surface area contributed by atoms with Crippen LogP contribution in [0.3, 0.4) is 0 Å². The number of benzene rings is 1. The number of hydrogen-bond donors (Lipinski definition) is 2. The number of hydrogen-bond acceptors (Lipinski definition) is 2. The van der Waals surface area contributed by atoms with Crippen LogP contribution in [-0.4, -0.2) is 35.1 Å². The van der Waals surface area contributed by atoms with Gasteiger partial charge in [-0.2, -0.15) is 0 Å². The number of urea groups is 1. The van der Waals surface area contributed by atoms with Crippen molar-refractivity contribution in [2.75, 3.05) is 13.1 Å². The fraction of sp³-hybridized carbons (Fsp3) is 0.231. The van der Waals surface area contributed by atoms with E-state index >= 15 is 0 Å². The largest absolute Gasteiger partial charge is 0.480 e. The summed E-state index contributed by atoms with van der Waals surface area (Å²) in [5, 5.41) is 11.1. The van der Waals surface area contributed by atoms with Crippen molar-refractivity contribution in [2.24, 2.45) is 0 Å². The molecule has 0 atom stereocenters. The molecule has 2 amide bonds. The molecule has 7 heteroatoms. The Morgan fingerprint density at radius 2 is 2.05 bits per heavy atom. The minimum Gasteiger partial charge on any atom is -0.480 e. The number of nitrogens with zero attached hydrogens (tertiary/aromatic N) is 1. The van der Waals surface area contributed by atoms with Crippen LogP contribution in [0.5, 0.6) is 0 Å². The highest BCUT2D eigenvalue weighted by molar-refractivity contribution is 5.80. The number of halogens is 2. The van der Waals surface area contributed by atoms with E-state index in [1.54, 1.807) is 0 Å². The van der Waals surface area contributed by atoms with Gasteiger partial charge in [-0.25, -0.2) is 13.6 Å². The Kier molecular flexibility index (Phi) is 5.64. The van der Waals surface area contributed by atoms with Crippen LogP contribution in [0.4, 0.5) is 13.6 Å². The van der Waals surface area contributed by atoms with Crippen LogP contribution >= 0.6 is 0 Å². The number of carboxylic acids is 1. The summed E-state index contributed by atoms with van der Waals surface area (Å²) in [6, 6.07) is 2.62. The van der Waals surface area contributed by atoms with Crippen LogP contribution in [0.25, 0.3) is 0 Å². The molecular formula is C13H14F2N2O3. The van der Waals surface area contributed by atoms with Crippen molar-refractivity contribution in [1.82, 2.24) is 10.2 Å². The van der Waals surface area contributed by atoms with Crippen molar-refractivity contribution >= 4 is 12.0 Å². The fourth-order valence-corrected chi connectivity index (χ4v) is 1.48. The molecule has 0 radical (unpaired) electrons. The van der Waals surface area contributed by atoms with E-state index < -0.39 is 30.2 Å². The Bertz CT molecular complexity index is 520. The molecule has 0 aliphatic rings. The van der Waals surface area contributed by atoms with Crippen LogP contribution in [0.1, 0.15) is 5.56 Å². The molecule has 5 nitrogen and oxygen atoms in total. The highest BCUT2D eigenvalue weighted by Crippen LogP contribution is 2.08. The average Bonchev–Trinajstić information content (AvgIpc) is 2.39. The Balaban J connectivity index is 2.61. The number of aliphatic carboxylic acids is 1. The van der Waals surface area contributed by atoms with Crippen molar-refractivity contribution < 1.29 is 23.5 Å². The van der Waals surface area contributed by atoms with Gasteiger partial charge in [0.2, 0.25) is 0 Å². The van der Waals surface area contributed by atoms with Gasteiger partial charge in [0.1, 0.15) is 6.54 Å². The van der Waals surface area contributed by atoms with Gasteiger partial charge in [0, 0.05) is 13.1 Å². The van der Waals surface area contributed by atoms with E-state index in [2.05, 4.69) is 11.9 Å². The standard InChI is InChI=1S/C13H14F2N2O3/c1-2-5-17(8-12(18)19)13(20)16-7-9-3-4-10(14)11(15)6-9/h2-4,6H,1,5,7-8H2,(H,16,20)(H,18,19). The van der Waals surface area contributed by atoms with Gasteiger partial charge in [-0.05, 0) is 17.7 Å². The van der Waals surface area contributed by atoms with Gasteiger partial charge in [0.15, 0.2) is 11.6 Å². The summed E-state index contributed by atoms with van der Waals surface area (Å²) in [4.78, 5) is 23.4. The third-order valence-electron chi connectivity index (χ3n) is 2.39. The third-order valence-corrected chi connectivity index (χ3v) is 2.39. The molecule has 1 rings (SSSR count). The third kappa shape index (κ3) is 4.68. The maximum absolute atomic E-state index is 13.0. The monoisotopic (exact) mass is 284 g/mol. The van der Waals surface area contributed by atoms with E-state index in [1.807, 2.05) is 0 Å². The molecule has 0 heterocycles. The zero-order valence-electron chi connectivity index (χ0n) is 10.6. The van der Waals surface area contributed by atoms with Crippen molar-refractivity contribution in [1.29, 1.82) is 0 Å². The lowest BCUT2D eigenvalue weighted by atomic mass is 10.2. The summed E-state index contributed by atoms with van der Waals surface area (Å²) in [6.45, 7) is 2.97. The lowest BCUT2D eigenvalue weighted by Gasteiger charge is -2.19. The molecule has 0 aliphatic carbocycles. The first kappa shape index (κ1) is 15.6. The normalized spacial score (nSPS) is 9.90. The summed E-state index contributed by atoms with van der Waals surface area (Å²) < 4.78 is 25.7. The minimum atomic E-state index is -1.16. The van der Waals surface area contributed by atoms with Gasteiger partial charge < -0.3 is 15.3 Å². The second-order valence-electron chi connectivity index (χ2n) is 3.97. The highest BCUT2D eigenvalue weighted by atomic mass is 19.2. The smallest absolute Gasteiger partial charge is 0.323 e. The molecule has 1 aromatic rings. The molecule has 1 aromatic carbocycles. The number of carbonyl (C=O) groups is 2. The van der Waals surface area contributed by atoms with Gasteiger partial charge in [0.05, 0.1) is 0 Å². The van der Waals surface area contributed by atoms with Crippen LogP contribution in [0, 0.1) is 11.6 Å². The lowest BCUT2D eigenvalue weighted by Crippen LogP contribution is -2.42. The molecule has 0 unspecified atom stereocenters. The van der Waals surface area contributed by atoms with Gasteiger partial charge in [0.25, 0.3) is 0 Å².